The van der Waals surface area contributed by atoms with Gasteiger partial charge in [-0.05, 0) is 18.8 Å². The molecule has 19 heavy (non-hydrogen) atoms. The van der Waals surface area contributed by atoms with Crippen molar-refractivity contribution in [1.82, 2.24) is 10.2 Å². The summed E-state index contributed by atoms with van der Waals surface area (Å²) in [6.45, 7) is 1.75. The third kappa shape index (κ3) is 2.61. The lowest BCUT2D eigenvalue weighted by molar-refractivity contribution is -0.148. The van der Waals surface area contributed by atoms with E-state index in [-0.39, 0.29) is 17.0 Å². The number of hydrogen-bond acceptors (Lipinski definition) is 5. The maximum Gasteiger partial charge on any atom is 0.352 e. The largest absolute Gasteiger partial charge is 0.477 e. The molecule has 1 fully saturated rings. The fourth-order valence-corrected chi connectivity index (χ4v) is 4.24. The molecule has 2 aliphatic heterocycles. The molecule has 1 unspecified atom stereocenters. The van der Waals surface area contributed by atoms with Gasteiger partial charge < -0.3 is 10.4 Å². The predicted octanol–water partition coefficient (Wildman–Crippen LogP) is 0.909. The van der Waals surface area contributed by atoms with Crippen molar-refractivity contribution in [3.8, 4) is 0 Å². The van der Waals surface area contributed by atoms with Crippen LogP contribution in [0, 0.1) is 0 Å². The SMILES string of the molecule is CSCC(=S)NC1C(=O)N2C(C(=O)O)=C(C)CS[C@@H]12. The van der Waals surface area contributed by atoms with Gasteiger partial charge in [-0.2, -0.15) is 11.8 Å². The number of aliphatic carboxylic acids is 1. The summed E-state index contributed by atoms with van der Waals surface area (Å²) in [7, 11) is 0. The van der Waals surface area contributed by atoms with Crippen LogP contribution in [0.4, 0.5) is 0 Å². The van der Waals surface area contributed by atoms with Crippen molar-refractivity contribution < 1.29 is 14.7 Å². The van der Waals surface area contributed by atoms with Gasteiger partial charge >= 0.3 is 5.97 Å². The highest BCUT2D eigenvalue weighted by atomic mass is 32.2. The van der Waals surface area contributed by atoms with Crippen molar-refractivity contribution in [1.29, 1.82) is 0 Å². The van der Waals surface area contributed by atoms with Gasteiger partial charge in [-0.1, -0.05) is 12.2 Å². The molecule has 0 aromatic carbocycles. The molecule has 0 aromatic rings. The summed E-state index contributed by atoms with van der Waals surface area (Å²) in [4.78, 5) is 25.3. The standard InChI is InChI=1S/C11H14N2O3S3/c1-5-3-19-10-7(12-6(17)4-18-2)9(14)13(10)8(5)11(15)16/h7,10H,3-4H2,1-2H3,(H,12,17)(H,15,16)/t7?,10-/m0/s1. The molecule has 2 aliphatic rings. The average molecular weight is 318 g/mol. The summed E-state index contributed by atoms with van der Waals surface area (Å²) in [6, 6.07) is -0.396. The smallest absolute Gasteiger partial charge is 0.352 e. The summed E-state index contributed by atoms with van der Waals surface area (Å²) >= 11 is 8.29. The zero-order valence-electron chi connectivity index (χ0n) is 10.5. The number of thiocarbonyl (C=S) groups is 1. The Balaban J connectivity index is 2.11. The van der Waals surface area contributed by atoms with E-state index in [0.29, 0.717) is 16.5 Å². The maximum absolute atomic E-state index is 12.1. The molecule has 0 saturated carbocycles. The number of thioether (sulfide) groups is 2. The second-order valence-electron chi connectivity index (χ2n) is 4.32. The van der Waals surface area contributed by atoms with Crippen LogP contribution >= 0.6 is 35.7 Å². The summed E-state index contributed by atoms with van der Waals surface area (Å²) in [5.74, 6) is 0.0412. The van der Waals surface area contributed by atoms with Gasteiger partial charge in [0.25, 0.3) is 5.91 Å². The number of carbonyl (C=O) groups is 2. The first-order chi connectivity index (χ1) is 8.97. The van der Waals surface area contributed by atoms with Crippen LogP contribution in [0.3, 0.4) is 0 Å². The number of carboxylic acids is 1. The molecule has 0 spiro atoms. The maximum atomic E-state index is 12.1. The number of nitrogens with zero attached hydrogens (tertiary/aromatic N) is 1. The number of fused-ring (bicyclic) bond motifs is 1. The van der Waals surface area contributed by atoms with Crippen LogP contribution in [0.5, 0.6) is 0 Å². The Kier molecular flexibility index (Phi) is 4.42. The molecule has 2 N–H and O–H groups in total. The summed E-state index contributed by atoms with van der Waals surface area (Å²) in [5, 5.41) is 12.0. The van der Waals surface area contributed by atoms with Gasteiger partial charge in [0.2, 0.25) is 0 Å². The van der Waals surface area contributed by atoms with Gasteiger partial charge in [-0.15, -0.1) is 11.8 Å². The molecule has 2 heterocycles. The minimum Gasteiger partial charge on any atom is -0.477 e. The van der Waals surface area contributed by atoms with Crippen LogP contribution in [0.25, 0.3) is 0 Å². The molecule has 2 rings (SSSR count). The Hall–Kier alpha value is -0.730. The van der Waals surface area contributed by atoms with Crippen molar-refractivity contribution in [2.24, 2.45) is 0 Å². The molecule has 5 nitrogen and oxygen atoms in total. The zero-order valence-corrected chi connectivity index (χ0v) is 13.0. The van der Waals surface area contributed by atoms with E-state index in [9.17, 15) is 14.7 Å². The lowest BCUT2D eigenvalue weighted by Gasteiger charge is -2.49. The molecule has 2 atom stereocenters. The van der Waals surface area contributed by atoms with Crippen molar-refractivity contribution in [2.75, 3.05) is 17.8 Å². The average Bonchev–Trinajstić information content (AvgIpc) is 2.35. The highest BCUT2D eigenvalue weighted by Crippen LogP contribution is 2.40. The third-order valence-corrected chi connectivity index (χ3v) is 5.40. The van der Waals surface area contributed by atoms with Crippen LogP contribution in [0.15, 0.2) is 11.3 Å². The lowest BCUT2D eigenvalue weighted by atomic mass is 10.0. The molecule has 104 valence electrons. The number of β-lactam (4-membered cyclic amide) rings is 1. The summed E-state index contributed by atoms with van der Waals surface area (Å²) in [5.41, 5.74) is 0.856. The molecule has 1 amide bonds. The molecule has 0 bridgehead atoms. The second kappa shape index (κ2) is 5.72. The third-order valence-electron chi connectivity index (χ3n) is 2.95. The monoisotopic (exact) mass is 318 g/mol. The van der Waals surface area contributed by atoms with Crippen LogP contribution in [-0.2, 0) is 9.59 Å². The van der Waals surface area contributed by atoms with E-state index < -0.39 is 12.0 Å². The lowest BCUT2D eigenvalue weighted by Crippen LogP contribution is -2.70. The van der Waals surface area contributed by atoms with Crippen molar-refractivity contribution in [3.05, 3.63) is 11.3 Å². The Labute approximate surface area is 125 Å². The van der Waals surface area contributed by atoms with E-state index in [0.717, 1.165) is 5.57 Å². The van der Waals surface area contributed by atoms with E-state index in [1.54, 1.807) is 30.4 Å². The van der Waals surface area contributed by atoms with Gasteiger partial charge in [-0.3, -0.25) is 9.69 Å². The fraction of sp³-hybridized carbons (Fsp3) is 0.545. The highest BCUT2D eigenvalue weighted by molar-refractivity contribution is 8.00. The van der Waals surface area contributed by atoms with Crippen LogP contribution in [-0.4, -0.2) is 56.0 Å². The van der Waals surface area contributed by atoms with Crippen molar-refractivity contribution >= 4 is 52.6 Å². The zero-order chi connectivity index (χ0) is 14.2. The van der Waals surface area contributed by atoms with Crippen LogP contribution in [0.1, 0.15) is 6.92 Å². The first-order valence-corrected chi connectivity index (χ1v) is 8.48. The highest BCUT2D eigenvalue weighted by Gasteiger charge is 2.53. The van der Waals surface area contributed by atoms with Gasteiger partial charge in [0.05, 0.1) is 4.99 Å². The normalized spacial score (nSPS) is 25.8. The molecule has 0 aliphatic carbocycles. The van der Waals surface area contributed by atoms with Crippen LogP contribution in [0.2, 0.25) is 0 Å². The van der Waals surface area contributed by atoms with Crippen molar-refractivity contribution in [2.45, 2.75) is 18.3 Å². The number of nitrogens with one attached hydrogen (secondary N) is 1. The van der Waals surface area contributed by atoms with Crippen molar-refractivity contribution in [3.63, 3.8) is 0 Å². The minimum atomic E-state index is -1.04. The second-order valence-corrected chi connectivity index (χ2v) is 6.79. The topological polar surface area (TPSA) is 69.6 Å². The first-order valence-electron chi connectivity index (χ1n) is 5.63. The summed E-state index contributed by atoms with van der Waals surface area (Å²) in [6.07, 6.45) is 1.94. The Morgan fingerprint density at radius 3 is 2.95 bits per heavy atom. The fourth-order valence-electron chi connectivity index (χ4n) is 2.12. The molecule has 0 radical (unpaired) electrons. The predicted molar refractivity (Wildman–Crippen MR) is 81.3 cm³/mol. The molecule has 1 saturated heterocycles. The number of carboxylic acid groups (broad SMARTS) is 1. The Bertz CT molecular complexity index is 478. The molecule has 0 aromatic heterocycles. The summed E-state index contributed by atoms with van der Waals surface area (Å²) < 4.78 is 0. The first kappa shape index (κ1) is 14.7. The number of hydrogen-bond donors (Lipinski definition) is 2. The molecular weight excluding hydrogens is 304 g/mol. The van der Waals surface area contributed by atoms with Gasteiger partial charge in [-0.25, -0.2) is 4.79 Å². The Morgan fingerprint density at radius 1 is 1.68 bits per heavy atom. The van der Waals surface area contributed by atoms with E-state index in [1.165, 1.54) is 4.90 Å². The number of rotatable bonds is 4. The quantitative estimate of drug-likeness (QED) is 0.590. The number of carbonyl (C=O) groups excluding carboxylic acids is 1. The van der Waals surface area contributed by atoms with E-state index in [1.807, 2.05) is 6.26 Å². The number of amides is 1. The van der Waals surface area contributed by atoms with Gasteiger partial charge in [0.1, 0.15) is 17.1 Å². The van der Waals surface area contributed by atoms with Gasteiger partial charge in [0.15, 0.2) is 0 Å². The molecular formula is C11H14N2O3S3. The minimum absolute atomic E-state index is 0.127. The Morgan fingerprint density at radius 2 is 2.37 bits per heavy atom. The van der Waals surface area contributed by atoms with Gasteiger partial charge in [0, 0.05) is 11.5 Å². The van der Waals surface area contributed by atoms with Crippen LogP contribution < -0.4 is 5.32 Å². The molecule has 8 heteroatoms. The van der Waals surface area contributed by atoms with E-state index in [4.69, 9.17) is 12.2 Å². The van der Waals surface area contributed by atoms with E-state index >= 15 is 0 Å². The van der Waals surface area contributed by atoms with E-state index in [2.05, 4.69) is 5.32 Å².